The third-order valence-electron chi connectivity index (χ3n) is 5.14. The fraction of sp³-hybridized carbons (Fsp3) is 0.429. The number of nitrogens with zero attached hydrogens (tertiary/aromatic N) is 2. The molecule has 0 unspecified atom stereocenters. The standard InChI is InChI=1S/C21H27N3O2/c1-3-11-24(15(2)26)13-19-21(20(14-25)23-19)17-8-6-16(7-9-17)18-5-4-10-22-12-18/h4-10,12,19-21,23,25H,3,11,13-14H2,1-2H3/t19-,20-,21-/m1/s1. The number of aromatic nitrogens is 1. The molecule has 3 atom stereocenters. The Balaban J connectivity index is 1.75. The molecule has 5 heteroatoms. The van der Waals surface area contributed by atoms with Gasteiger partial charge in [-0.25, -0.2) is 0 Å². The van der Waals surface area contributed by atoms with Gasteiger partial charge in [0.1, 0.15) is 0 Å². The summed E-state index contributed by atoms with van der Waals surface area (Å²) in [5.41, 5.74) is 3.41. The maximum absolute atomic E-state index is 11.8. The molecule has 2 heterocycles. The van der Waals surface area contributed by atoms with Crippen LogP contribution in [-0.2, 0) is 4.79 Å². The molecular weight excluding hydrogens is 326 g/mol. The molecule has 1 aromatic carbocycles. The van der Waals surface area contributed by atoms with E-state index in [-0.39, 0.29) is 30.5 Å². The third kappa shape index (κ3) is 3.94. The number of aliphatic hydroxyl groups is 1. The molecule has 1 amide bonds. The van der Waals surface area contributed by atoms with Crippen LogP contribution in [-0.4, -0.2) is 52.7 Å². The average Bonchev–Trinajstić information content (AvgIpc) is 2.65. The van der Waals surface area contributed by atoms with Crippen molar-refractivity contribution in [1.29, 1.82) is 0 Å². The lowest BCUT2D eigenvalue weighted by Crippen LogP contribution is -2.65. The third-order valence-corrected chi connectivity index (χ3v) is 5.14. The smallest absolute Gasteiger partial charge is 0.219 e. The average molecular weight is 353 g/mol. The van der Waals surface area contributed by atoms with Gasteiger partial charge in [-0.3, -0.25) is 9.78 Å². The molecule has 1 aliphatic heterocycles. The Morgan fingerprint density at radius 3 is 2.54 bits per heavy atom. The van der Waals surface area contributed by atoms with Crippen molar-refractivity contribution in [3.8, 4) is 11.1 Å². The van der Waals surface area contributed by atoms with Gasteiger partial charge in [-0.2, -0.15) is 0 Å². The van der Waals surface area contributed by atoms with Gasteiger partial charge < -0.3 is 15.3 Å². The fourth-order valence-corrected chi connectivity index (χ4v) is 3.76. The number of carbonyl (C=O) groups is 1. The first-order chi connectivity index (χ1) is 12.6. The van der Waals surface area contributed by atoms with Gasteiger partial charge in [-0.15, -0.1) is 0 Å². The van der Waals surface area contributed by atoms with E-state index in [0.717, 1.165) is 24.1 Å². The summed E-state index contributed by atoms with van der Waals surface area (Å²) in [6.45, 7) is 5.24. The minimum Gasteiger partial charge on any atom is -0.395 e. The monoisotopic (exact) mass is 353 g/mol. The normalized spacial score (nSPS) is 21.9. The predicted octanol–water partition coefficient (Wildman–Crippen LogP) is 2.42. The van der Waals surface area contributed by atoms with E-state index in [1.165, 1.54) is 5.56 Å². The van der Waals surface area contributed by atoms with Gasteiger partial charge in [0.05, 0.1) is 6.61 Å². The number of nitrogens with one attached hydrogen (secondary N) is 1. The van der Waals surface area contributed by atoms with E-state index in [9.17, 15) is 9.90 Å². The molecule has 1 fully saturated rings. The van der Waals surface area contributed by atoms with Crippen LogP contribution in [0.1, 0.15) is 31.7 Å². The second-order valence-corrected chi connectivity index (χ2v) is 6.92. The number of aliphatic hydroxyl groups excluding tert-OH is 1. The van der Waals surface area contributed by atoms with Gasteiger partial charge in [0.15, 0.2) is 0 Å². The molecule has 0 radical (unpaired) electrons. The number of amides is 1. The van der Waals surface area contributed by atoms with Crippen molar-refractivity contribution in [3.63, 3.8) is 0 Å². The summed E-state index contributed by atoms with van der Waals surface area (Å²) in [7, 11) is 0. The highest BCUT2D eigenvalue weighted by Crippen LogP contribution is 2.33. The van der Waals surface area contributed by atoms with Crippen LogP contribution in [0.25, 0.3) is 11.1 Å². The number of hydrogen-bond acceptors (Lipinski definition) is 4. The predicted molar refractivity (Wildman–Crippen MR) is 103 cm³/mol. The Morgan fingerprint density at radius 2 is 1.96 bits per heavy atom. The van der Waals surface area contributed by atoms with E-state index in [4.69, 9.17) is 0 Å². The molecule has 5 nitrogen and oxygen atoms in total. The lowest BCUT2D eigenvalue weighted by atomic mass is 9.77. The first-order valence-electron chi connectivity index (χ1n) is 9.26. The zero-order valence-corrected chi connectivity index (χ0v) is 15.4. The van der Waals surface area contributed by atoms with Gasteiger partial charge in [0.2, 0.25) is 5.91 Å². The molecule has 1 aromatic heterocycles. The molecule has 26 heavy (non-hydrogen) atoms. The highest BCUT2D eigenvalue weighted by Gasteiger charge is 2.41. The van der Waals surface area contributed by atoms with E-state index >= 15 is 0 Å². The minimum atomic E-state index is 0.0414. The first kappa shape index (κ1) is 18.5. The number of pyridine rings is 1. The summed E-state index contributed by atoms with van der Waals surface area (Å²) in [4.78, 5) is 17.9. The topological polar surface area (TPSA) is 65.5 Å². The summed E-state index contributed by atoms with van der Waals surface area (Å²) < 4.78 is 0. The maximum Gasteiger partial charge on any atom is 0.219 e. The van der Waals surface area contributed by atoms with E-state index in [0.29, 0.717) is 6.54 Å². The molecule has 0 saturated carbocycles. The van der Waals surface area contributed by atoms with Crippen molar-refractivity contribution in [2.75, 3.05) is 19.7 Å². The van der Waals surface area contributed by atoms with Crippen LogP contribution in [0, 0.1) is 0 Å². The summed E-state index contributed by atoms with van der Waals surface area (Å²) in [6.07, 6.45) is 4.57. The first-order valence-corrected chi connectivity index (χ1v) is 9.26. The number of carbonyl (C=O) groups excluding carboxylic acids is 1. The number of benzene rings is 1. The molecule has 138 valence electrons. The van der Waals surface area contributed by atoms with E-state index in [2.05, 4.69) is 41.5 Å². The second-order valence-electron chi connectivity index (χ2n) is 6.92. The van der Waals surface area contributed by atoms with E-state index < -0.39 is 0 Å². The molecule has 0 spiro atoms. The van der Waals surface area contributed by atoms with Gasteiger partial charge in [-0.05, 0) is 29.2 Å². The van der Waals surface area contributed by atoms with Crippen LogP contribution >= 0.6 is 0 Å². The van der Waals surface area contributed by atoms with Crippen LogP contribution in [0.15, 0.2) is 48.8 Å². The van der Waals surface area contributed by atoms with Crippen molar-refractivity contribution in [1.82, 2.24) is 15.2 Å². The molecule has 1 saturated heterocycles. The van der Waals surface area contributed by atoms with Gasteiger partial charge >= 0.3 is 0 Å². The van der Waals surface area contributed by atoms with Gasteiger partial charge in [0, 0.05) is 50.4 Å². The Labute approximate surface area is 155 Å². The van der Waals surface area contributed by atoms with Crippen molar-refractivity contribution >= 4 is 5.91 Å². The summed E-state index contributed by atoms with van der Waals surface area (Å²) >= 11 is 0. The van der Waals surface area contributed by atoms with Crippen LogP contribution in [0.2, 0.25) is 0 Å². The molecule has 2 aromatic rings. The Hall–Kier alpha value is -2.24. The zero-order chi connectivity index (χ0) is 18.5. The quantitative estimate of drug-likeness (QED) is 0.802. The van der Waals surface area contributed by atoms with Gasteiger partial charge in [0.25, 0.3) is 0 Å². The van der Waals surface area contributed by atoms with Crippen LogP contribution in [0.5, 0.6) is 0 Å². The molecule has 0 bridgehead atoms. The number of hydrogen-bond donors (Lipinski definition) is 2. The molecule has 1 aliphatic rings. The Morgan fingerprint density at radius 1 is 1.19 bits per heavy atom. The van der Waals surface area contributed by atoms with E-state index in [1.807, 2.05) is 23.2 Å². The lowest BCUT2D eigenvalue weighted by molar-refractivity contribution is -0.129. The highest BCUT2D eigenvalue weighted by atomic mass is 16.3. The largest absolute Gasteiger partial charge is 0.395 e. The highest BCUT2D eigenvalue weighted by molar-refractivity contribution is 5.73. The number of rotatable bonds is 7. The SMILES string of the molecule is CCCN(C[C@H]1N[C@H](CO)[C@@H]1c1ccc(-c2cccnc2)cc1)C(C)=O. The van der Waals surface area contributed by atoms with Crippen molar-refractivity contribution in [3.05, 3.63) is 54.4 Å². The summed E-state index contributed by atoms with van der Waals surface area (Å²) in [5.74, 6) is 0.313. The molecular formula is C21H27N3O2. The van der Waals surface area contributed by atoms with Crippen molar-refractivity contribution < 1.29 is 9.90 Å². The lowest BCUT2D eigenvalue weighted by Gasteiger charge is -2.47. The minimum absolute atomic E-state index is 0.0414. The zero-order valence-electron chi connectivity index (χ0n) is 15.4. The van der Waals surface area contributed by atoms with Crippen molar-refractivity contribution in [2.45, 2.75) is 38.3 Å². The Bertz CT molecular complexity index is 718. The van der Waals surface area contributed by atoms with Crippen molar-refractivity contribution in [2.24, 2.45) is 0 Å². The van der Waals surface area contributed by atoms with E-state index in [1.54, 1.807) is 13.1 Å². The molecule has 2 N–H and O–H groups in total. The van der Waals surface area contributed by atoms with Crippen LogP contribution in [0.4, 0.5) is 0 Å². The summed E-state index contributed by atoms with van der Waals surface area (Å²) in [5, 5.41) is 13.1. The van der Waals surface area contributed by atoms with Gasteiger partial charge in [-0.1, -0.05) is 37.3 Å². The Kier molecular flexibility index (Phi) is 6.01. The molecule has 0 aliphatic carbocycles. The van der Waals surface area contributed by atoms with Crippen LogP contribution < -0.4 is 5.32 Å². The van der Waals surface area contributed by atoms with Crippen LogP contribution in [0.3, 0.4) is 0 Å². The summed E-state index contributed by atoms with van der Waals surface area (Å²) in [6, 6.07) is 12.6. The molecule has 3 rings (SSSR count). The maximum atomic E-state index is 11.8. The fourth-order valence-electron chi connectivity index (χ4n) is 3.76. The second kappa shape index (κ2) is 8.43.